The van der Waals surface area contributed by atoms with E-state index in [0.717, 1.165) is 193 Å². The molecule has 0 radical (unpaired) electrons. The molecule has 0 spiro atoms. The van der Waals surface area contributed by atoms with Crippen LogP contribution in [0.5, 0.6) is 0 Å². The lowest BCUT2D eigenvalue weighted by Crippen LogP contribution is -2.16. The number of fused-ring (bicyclic) bond motifs is 4. The number of aryl methyl sites for hydroxylation is 4. The van der Waals surface area contributed by atoms with E-state index in [9.17, 15) is 0 Å². The zero-order valence-electron chi connectivity index (χ0n) is 49.5. The zero-order chi connectivity index (χ0) is 59.0. The Labute approximate surface area is 510 Å². The van der Waals surface area contributed by atoms with E-state index in [4.69, 9.17) is 17.7 Å². The molecule has 0 aliphatic heterocycles. The molecule has 88 heavy (non-hydrogen) atoms. The zero-order valence-corrected chi connectivity index (χ0v) is 49.5. The molecule has 0 fully saturated rings. The van der Waals surface area contributed by atoms with Crippen molar-refractivity contribution < 1.29 is 17.7 Å². The standard InChI is InChI=1S/C80H62N4O4/c1-5-55-59-37-21-25-41-71(59)85-77(55)81(51-29-13-9-14-30-51)67-49-68(82(52-31-15-10-16-32-52)78-56(6-2)60-38-22-26-42-72(60)86-78)64-47-48-66-70(84(54-35-19-12-20-36-54)80-58(8-4)62-40-24-28-44-74(62)88-80)50-69(65-46-45-63(67)75(64)76(65)66)83(53-33-17-11-18-34-53)79-57(7-3)61-39-23-27-43-73(61)87-79/h9-50H,5-8H2,1-4H3. The molecule has 0 saturated carbocycles. The van der Waals surface area contributed by atoms with E-state index < -0.39 is 0 Å². The van der Waals surface area contributed by atoms with Crippen molar-refractivity contribution in [3.8, 4) is 0 Å². The minimum Gasteiger partial charge on any atom is -0.439 e. The quantitative estimate of drug-likeness (QED) is 0.0887. The number of rotatable bonds is 16. The van der Waals surface area contributed by atoms with E-state index in [-0.39, 0.29) is 0 Å². The van der Waals surface area contributed by atoms with Crippen LogP contribution in [0.2, 0.25) is 0 Å². The monoisotopic (exact) mass is 1140 g/mol. The number of para-hydroxylation sites is 8. The lowest BCUT2D eigenvalue weighted by molar-refractivity contribution is 0.615. The molecule has 0 bridgehead atoms. The summed E-state index contributed by atoms with van der Waals surface area (Å²) >= 11 is 0. The first-order valence-corrected chi connectivity index (χ1v) is 30.7. The van der Waals surface area contributed by atoms with Gasteiger partial charge in [0.05, 0.1) is 22.7 Å². The maximum absolute atomic E-state index is 7.25. The molecule has 0 aliphatic carbocycles. The highest BCUT2D eigenvalue weighted by molar-refractivity contribution is 6.33. The molecular formula is C80H62N4O4. The van der Waals surface area contributed by atoms with E-state index in [2.05, 4.69) is 302 Å². The van der Waals surface area contributed by atoms with Gasteiger partial charge in [0.15, 0.2) is 0 Å². The highest BCUT2D eigenvalue weighted by Gasteiger charge is 2.34. The first-order chi connectivity index (χ1) is 43.5. The smallest absolute Gasteiger partial charge is 0.209 e. The van der Waals surface area contributed by atoms with Gasteiger partial charge in [-0.05, 0) is 111 Å². The van der Waals surface area contributed by atoms with Crippen LogP contribution in [0, 0.1) is 0 Å². The third-order valence-electron chi connectivity index (χ3n) is 17.8. The number of benzene rings is 12. The molecule has 8 heteroatoms. The van der Waals surface area contributed by atoms with Crippen LogP contribution in [0.3, 0.4) is 0 Å². The van der Waals surface area contributed by atoms with Gasteiger partial charge in [-0.15, -0.1) is 0 Å². The minimum atomic E-state index is 0.740. The van der Waals surface area contributed by atoms with Gasteiger partial charge < -0.3 is 17.7 Å². The Balaban J connectivity index is 1.12. The molecular weight excluding hydrogens is 1080 g/mol. The van der Waals surface area contributed by atoms with Gasteiger partial charge in [0.2, 0.25) is 23.5 Å². The maximum atomic E-state index is 7.25. The van der Waals surface area contributed by atoms with Gasteiger partial charge in [0.1, 0.15) is 22.3 Å². The largest absolute Gasteiger partial charge is 0.439 e. The van der Waals surface area contributed by atoms with Crippen LogP contribution >= 0.6 is 0 Å². The third kappa shape index (κ3) is 8.27. The van der Waals surface area contributed by atoms with Crippen molar-refractivity contribution in [2.75, 3.05) is 19.6 Å². The highest BCUT2D eigenvalue weighted by Crippen LogP contribution is 2.57. The number of hydrogen-bond donors (Lipinski definition) is 0. The molecule has 12 aromatic carbocycles. The van der Waals surface area contributed by atoms with Gasteiger partial charge in [-0.1, -0.05) is 198 Å². The van der Waals surface area contributed by atoms with Crippen LogP contribution in [0.1, 0.15) is 49.9 Å². The number of furan rings is 4. The number of anilines is 12. The molecule has 8 nitrogen and oxygen atoms in total. The molecule has 0 N–H and O–H groups in total. The van der Waals surface area contributed by atoms with Gasteiger partial charge in [-0.3, -0.25) is 19.6 Å². The normalized spacial score (nSPS) is 11.8. The summed E-state index contributed by atoms with van der Waals surface area (Å²) in [6, 6.07) is 90.6. The Morgan fingerprint density at radius 2 is 0.432 bits per heavy atom. The van der Waals surface area contributed by atoms with Crippen molar-refractivity contribution in [1.29, 1.82) is 0 Å². The Kier molecular flexibility index (Phi) is 12.9. The number of nitrogens with zero attached hydrogens (tertiary/aromatic N) is 4. The van der Waals surface area contributed by atoms with E-state index in [1.807, 2.05) is 0 Å². The Hall–Kier alpha value is -11.0. The van der Waals surface area contributed by atoms with Crippen LogP contribution in [0.25, 0.3) is 76.2 Å². The average molecular weight is 1140 g/mol. The molecule has 4 heterocycles. The summed E-state index contributed by atoms with van der Waals surface area (Å²) < 4.78 is 29.0. The van der Waals surface area contributed by atoms with Crippen molar-refractivity contribution >= 4 is 145 Å². The fourth-order valence-electron chi connectivity index (χ4n) is 13.9. The van der Waals surface area contributed by atoms with E-state index in [1.54, 1.807) is 0 Å². The summed E-state index contributed by atoms with van der Waals surface area (Å²) in [6.07, 6.45) is 2.96. The van der Waals surface area contributed by atoms with Crippen molar-refractivity contribution in [3.63, 3.8) is 0 Å². The van der Waals surface area contributed by atoms with Crippen molar-refractivity contribution in [2.24, 2.45) is 0 Å². The second-order valence-electron chi connectivity index (χ2n) is 22.5. The topological polar surface area (TPSA) is 65.5 Å². The van der Waals surface area contributed by atoms with Gasteiger partial charge >= 0.3 is 0 Å². The molecule has 0 amide bonds. The predicted octanol–water partition coefficient (Wildman–Crippen LogP) is 23.7. The second-order valence-corrected chi connectivity index (χ2v) is 22.5. The van der Waals surface area contributed by atoms with Crippen LogP contribution < -0.4 is 19.6 Å². The van der Waals surface area contributed by atoms with Crippen LogP contribution in [-0.4, -0.2) is 0 Å². The van der Waals surface area contributed by atoms with E-state index in [1.165, 1.54) is 0 Å². The van der Waals surface area contributed by atoms with Crippen LogP contribution in [-0.2, 0) is 25.7 Å². The Morgan fingerprint density at radius 1 is 0.227 bits per heavy atom. The predicted molar refractivity (Wildman–Crippen MR) is 365 cm³/mol. The SMILES string of the molecule is CCc1c(N(c2ccccc2)c2cc(N(c3ccccc3)c3oc4ccccc4c3CC)c3ccc4c(N(c5ccccc5)c5oc6ccccc6c5CC)cc(N(c5ccccc5)c5oc6ccccc6c5CC)c5ccc2c3c54)oc2ccccc12. The molecule has 0 aliphatic rings. The van der Waals surface area contributed by atoms with Crippen LogP contribution in [0.4, 0.5) is 69.0 Å². The van der Waals surface area contributed by atoms with Gasteiger partial charge in [0.25, 0.3) is 0 Å². The highest BCUT2D eigenvalue weighted by atomic mass is 16.4. The van der Waals surface area contributed by atoms with E-state index >= 15 is 0 Å². The van der Waals surface area contributed by atoms with E-state index in [0.29, 0.717) is 0 Å². The van der Waals surface area contributed by atoms with Crippen molar-refractivity contribution in [2.45, 2.75) is 53.4 Å². The second kappa shape index (κ2) is 21.5. The molecule has 4 aromatic heterocycles. The maximum Gasteiger partial charge on any atom is 0.209 e. The molecule has 16 rings (SSSR count). The van der Waals surface area contributed by atoms with Crippen LogP contribution in [0.15, 0.2) is 272 Å². The lowest BCUT2D eigenvalue weighted by atomic mass is 9.89. The van der Waals surface area contributed by atoms with Gasteiger partial charge in [-0.25, -0.2) is 0 Å². The average Bonchev–Trinajstić information content (AvgIpc) is 2.22. The molecule has 0 unspecified atom stereocenters. The lowest BCUT2D eigenvalue weighted by Gasteiger charge is -2.33. The molecule has 0 atom stereocenters. The minimum absolute atomic E-state index is 0.740. The van der Waals surface area contributed by atoms with Gasteiger partial charge in [-0.2, -0.15) is 0 Å². The summed E-state index contributed by atoms with van der Waals surface area (Å²) in [5, 5.41) is 10.6. The summed E-state index contributed by atoms with van der Waals surface area (Å²) in [5.41, 5.74) is 15.4. The van der Waals surface area contributed by atoms with Crippen molar-refractivity contribution in [1.82, 2.24) is 0 Å². The number of hydrogen-bond acceptors (Lipinski definition) is 8. The molecule has 0 saturated heterocycles. The van der Waals surface area contributed by atoms with Crippen molar-refractivity contribution in [3.05, 3.63) is 277 Å². The fraction of sp³-hybridized carbons (Fsp3) is 0.100. The summed E-state index contributed by atoms with van der Waals surface area (Å²) in [5.74, 6) is 3.06. The summed E-state index contributed by atoms with van der Waals surface area (Å²) in [7, 11) is 0. The third-order valence-corrected chi connectivity index (χ3v) is 17.8. The molecule has 16 aromatic rings. The first-order valence-electron chi connectivity index (χ1n) is 30.7. The Morgan fingerprint density at radius 3 is 0.648 bits per heavy atom. The summed E-state index contributed by atoms with van der Waals surface area (Å²) in [4.78, 5) is 9.42. The fourth-order valence-corrected chi connectivity index (χ4v) is 13.9. The molecule has 426 valence electrons. The first kappa shape index (κ1) is 52.6. The Bertz CT molecular complexity index is 4590. The van der Waals surface area contributed by atoms with Gasteiger partial charge in [0, 0.05) is 98.9 Å². The summed E-state index contributed by atoms with van der Waals surface area (Å²) in [6.45, 7) is 8.90.